The van der Waals surface area contributed by atoms with Crippen LogP contribution >= 0.6 is 0 Å². The Morgan fingerprint density at radius 3 is 1.02 bits per heavy atom. The Morgan fingerprint density at radius 1 is 0.333 bits per heavy atom. The van der Waals surface area contributed by atoms with Gasteiger partial charge < -0.3 is 10.0 Å². The number of aromatic nitrogens is 2. The van der Waals surface area contributed by atoms with Crippen molar-refractivity contribution in [1.82, 2.24) is 9.97 Å². The fourth-order valence-corrected chi connectivity index (χ4v) is 5.46. The lowest BCUT2D eigenvalue weighted by molar-refractivity contribution is 0.426. The van der Waals surface area contributed by atoms with Gasteiger partial charge in [-0.2, -0.15) is 0 Å². The van der Waals surface area contributed by atoms with E-state index in [4.69, 9.17) is 9.97 Å². The summed E-state index contributed by atoms with van der Waals surface area (Å²) in [6.45, 7) is 0. The molecule has 4 nitrogen and oxygen atoms in total. The first-order valence-corrected chi connectivity index (χ1v) is 14.9. The van der Waals surface area contributed by atoms with E-state index in [1.165, 1.54) is 11.1 Å². The molecule has 0 atom stereocenters. The predicted octanol–water partition coefficient (Wildman–Crippen LogP) is 8.16. The standard InChI is InChI=1S/C40H29BN2O2/c44-41(45)37-25-23-33(24-26-37)32-15-21-36(22-16-32)40-42-38(34-17-11-30(12-18-34)28-7-3-1-4-8-28)27-39(43-40)35-19-13-31(14-20-35)29-9-5-2-6-10-29/h1-27,44-45H. The Morgan fingerprint density at radius 2 is 0.644 bits per heavy atom. The lowest BCUT2D eigenvalue weighted by Gasteiger charge is -2.11. The minimum Gasteiger partial charge on any atom is -0.423 e. The maximum absolute atomic E-state index is 9.43. The van der Waals surface area contributed by atoms with Crippen molar-refractivity contribution in [3.63, 3.8) is 0 Å². The molecule has 0 spiro atoms. The number of benzene rings is 6. The third kappa shape index (κ3) is 6.22. The summed E-state index contributed by atoms with van der Waals surface area (Å²) in [6, 6.07) is 55.1. The van der Waals surface area contributed by atoms with Gasteiger partial charge in [-0.05, 0) is 44.9 Å². The molecule has 7 aromatic rings. The maximum atomic E-state index is 9.43. The van der Waals surface area contributed by atoms with Crippen LogP contribution in [-0.2, 0) is 0 Å². The molecule has 0 bridgehead atoms. The van der Waals surface area contributed by atoms with Crippen LogP contribution in [0.4, 0.5) is 0 Å². The molecule has 0 radical (unpaired) electrons. The summed E-state index contributed by atoms with van der Waals surface area (Å²) in [7, 11) is -1.48. The molecule has 0 aliphatic carbocycles. The van der Waals surface area contributed by atoms with Crippen molar-refractivity contribution in [2.24, 2.45) is 0 Å². The quantitative estimate of drug-likeness (QED) is 0.187. The molecule has 5 heteroatoms. The molecule has 0 aliphatic heterocycles. The Hall–Kier alpha value is -5.62. The molecule has 2 N–H and O–H groups in total. The van der Waals surface area contributed by atoms with Crippen LogP contribution in [0.3, 0.4) is 0 Å². The van der Waals surface area contributed by atoms with Crippen LogP contribution in [0.1, 0.15) is 0 Å². The summed E-state index contributed by atoms with van der Waals surface area (Å²) < 4.78 is 0. The van der Waals surface area contributed by atoms with E-state index in [9.17, 15) is 10.0 Å². The second-order valence-electron chi connectivity index (χ2n) is 10.9. The van der Waals surface area contributed by atoms with Gasteiger partial charge >= 0.3 is 7.12 Å². The molecule has 6 aromatic carbocycles. The lowest BCUT2D eigenvalue weighted by atomic mass is 9.80. The van der Waals surface area contributed by atoms with Gasteiger partial charge in [0.05, 0.1) is 11.4 Å². The largest absolute Gasteiger partial charge is 0.488 e. The number of hydrogen-bond donors (Lipinski definition) is 2. The summed E-state index contributed by atoms with van der Waals surface area (Å²) in [6.07, 6.45) is 0. The summed E-state index contributed by atoms with van der Waals surface area (Å²) in [5.41, 5.74) is 11.8. The summed E-state index contributed by atoms with van der Waals surface area (Å²) in [5, 5.41) is 18.9. The van der Waals surface area contributed by atoms with E-state index in [0.717, 1.165) is 50.3 Å². The highest BCUT2D eigenvalue weighted by atomic mass is 16.4. The Balaban J connectivity index is 1.26. The molecule has 1 heterocycles. The Bertz CT molecular complexity index is 1930. The van der Waals surface area contributed by atoms with Gasteiger partial charge in [-0.15, -0.1) is 0 Å². The van der Waals surface area contributed by atoms with Crippen molar-refractivity contribution in [3.8, 4) is 67.3 Å². The highest BCUT2D eigenvalue weighted by Gasteiger charge is 2.13. The maximum Gasteiger partial charge on any atom is 0.488 e. The first kappa shape index (κ1) is 28.2. The number of nitrogens with zero attached hydrogens (tertiary/aromatic N) is 2. The molecule has 0 unspecified atom stereocenters. The van der Waals surface area contributed by atoms with Gasteiger partial charge in [0.25, 0.3) is 0 Å². The van der Waals surface area contributed by atoms with Crippen LogP contribution in [0.2, 0.25) is 0 Å². The van der Waals surface area contributed by atoms with E-state index in [0.29, 0.717) is 11.3 Å². The third-order valence-electron chi connectivity index (χ3n) is 7.99. The van der Waals surface area contributed by atoms with E-state index in [1.807, 2.05) is 48.5 Å². The van der Waals surface area contributed by atoms with Crippen molar-refractivity contribution >= 4 is 12.6 Å². The summed E-state index contributed by atoms with van der Waals surface area (Å²) in [5.74, 6) is 0.645. The molecule has 0 fully saturated rings. The first-order chi connectivity index (χ1) is 22.1. The Labute approximate surface area is 263 Å². The van der Waals surface area contributed by atoms with Gasteiger partial charge in [0.15, 0.2) is 5.82 Å². The third-order valence-corrected chi connectivity index (χ3v) is 7.99. The van der Waals surface area contributed by atoms with Crippen LogP contribution in [-0.4, -0.2) is 27.1 Å². The molecular weight excluding hydrogens is 551 g/mol. The van der Waals surface area contributed by atoms with Crippen molar-refractivity contribution in [3.05, 3.63) is 164 Å². The van der Waals surface area contributed by atoms with E-state index >= 15 is 0 Å². The van der Waals surface area contributed by atoms with E-state index < -0.39 is 7.12 Å². The van der Waals surface area contributed by atoms with Crippen LogP contribution in [0.5, 0.6) is 0 Å². The topological polar surface area (TPSA) is 66.2 Å². The van der Waals surface area contributed by atoms with Gasteiger partial charge in [-0.25, -0.2) is 9.97 Å². The van der Waals surface area contributed by atoms with Gasteiger partial charge in [0.2, 0.25) is 0 Å². The van der Waals surface area contributed by atoms with Crippen molar-refractivity contribution in [2.75, 3.05) is 0 Å². The van der Waals surface area contributed by atoms with Gasteiger partial charge in [-0.3, -0.25) is 0 Å². The average molecular weight is 580 g/mol. The molecule has 214 valence electrons. The lowest BCUT2D eigenvalue weighted by Crippen LogP contribution is -2.29. The molecule has 0 aliphatic rings. The van der Waals surface area contributed by atoms with Crippen molar-refractivity contribution in [1.29, 1.82) is 0 Å². The van der Waals surface area contributed by atoms with Crippen LogP contribution < -0.4 is 5.46 Å². The van der Waals surface area contributed by atoms with E-state index in [1.54, 1.807) is 12.1 Å². The SMILES string of the molecule is OB(O)c1ccc(-c2ccc(-c3nc(-c4ccc(-c5ccccc5)cc4)cc(-c4ccc(-c5ccccc5)cc4)n3)cc2)cc1. The second kappa shape index (κ2) is 12.5. The molecule has 0 amide bonds. The van der Waals surface area contributed by atoms with Gasteiger partial charge in [0.1, 0.15) is 0 Å². The molecule has 1 aromatic heterocycles. The number of hydrogen-bond acceptors (Lipinski definition) is 4. The smallest absolute Gasteiger partial charge is 0.423 e. The molecule has 0 saturated carbocycles. The van der Waals surface area contributed by atoms with Crippen LogP contribution in [0, 0.1) is 0 Å². The minimum absolute atomic E-state index is 0.460. The van der Waals surface area contributed by atoms with Gasteiger partial charge in [0, 0.05) is 16.7 Å². The van der Waals surface area contributed by atoms with E-state index in [2.05, 4.69) is 103 Å². The highest BCUT2D eigenvalue weighted by molar-refractivity contribution is 6.58. The summed E-state index contributed by atoms with van der Waals surface area (Å²) in [4.78, 5) is 10.1. The zero-order valence-corrected chi connectivity index (χ0v) is 24.5. The fraction of sp³-hybridized carbons (Fsp3) is 0. The molecule has 7 rings (SSSR count). The average Bonchev–Trinajstić information content (AvgIpc) is 3.12. The molecule has 45 heavy (non-hydrogen) atoms. The Kier molecular flexibility index (Phi) is 7.86. The van der Waals surface area contributed by atoms with Crippen LogP contribution in [0.25, 0.3) is 67.3 Å². The van der Waals surface area contributed by atoms with Crippen molar-refractivity contribution in [2.45, 2.75) is 0 Å². The molecular formula is C40H29BN2O2. The highest BCUT2D eigenvalue weighted by Crippen LogP contribution is 2.31. The monoisotopic (exact) mass is 580 g/mol. The zero-order valence-electron chi connectivity index (χ0n) is 24.5. The minimum atomic E-state index is -1.48. The van der Waals surface area contributed by atoms with Crippen LogP contribution in [0.15, 0.2) is 164 Å². The second-order valence-corrected chi connectivity index (χ2v) is 10.9. The van der Waals surface area contributed by atoms with Crippen molar-refractivity contribution < 1.29 is 10.0 Å². The summed E-state index contributed by atoms with van der Waals surface area (Å²) >= 11 is 0. The van der Waals surface area contributed by atoms with Gasteiger partial charge in [-0.1, -0.05) is 158 Å². The normalized spacial score (nSPS) is 10.9. The predicted molar refractivity (Wildman–Crippen MR) is 184 cm³/mol. The number of rotatable bonds is 7. The zero-order chi connectivity index (χ0) is 30.6. The fourth-order valence-electron chi connectivity index (χ4n) is 5.46. The van der Waals surface area contributed by atoms with E-state index in [-0.39, 0.29) is 0 Å². The first-order valence-electron chi connectivity index (χ1n) is 14.9. The molecule has 0 saturated heterocycles.